The minimum atomic E-state index is 0.118. The Morgan fingerprint density at radius 3 is 2.31 bits per heavy atom. The van der Waals surface area contributed by atoms with Gasteiger partial charge in [-0.25, -0.2) is 0 Å². The highest BCUT2D eigenvalue weighted by molar-refractivity contribution is 5.31. The van der Waals surface area contributed by atoms with Gasteiger partial charge in [-0.2, -0.15) is 0 Å². The number of hydrogen-bond donors (Lipinski definition) is 1. The molecule has 1 aromatic rings. The SMILES string of the molecule is NC1C=CC=CC1c1ccccc1. The third kappa shape index (κ3) is 1.70. The normalized spacial score (nSPS) is 26.2. The molecule has 0 aliphatic heterocycles. The molecule has 66 valence electrons. The predicted octanol–water partition coefficient (Wildman–Crippen LogP) is 2.22. The van der Waals surface area contributed by atoms with Gasteiger partial charge < -0.3 is 5.73 Å². The van der Waals surface area contributed by atoms with Gasteiger partial charge in [0.05, 0.1) is 0 Å². The highest BCUT2D eigenvalue weighted by Crippen LogP contribution is 2.23. The standard InChI is InChI=1S/C12H13N/c13-12-9-5-4-8-11(12)10-6-2-1-3-7-10/h1-9,11-12H,13H2. The maximum atomic E-state index is 5.97. The summed E-state index contributed by atoms with van der Waals surface area (Å²) in [6.07, 6.45) is 8.25. The van der Waals surface area contributed by atoms with E-state index in [-0.39, 0.29) is 6.04 Å². The fourth-order valence-corrected chi connectivity index (χ4v) is 1.63. The first-order valence-corrected chi connectivity index (χ1v) is 4.53. The van der Waals surface area contributed by atoms with Crippen molar-refractivity contribution < 1.29 is 0 Å². The Labute approximate surface area is 78.6 Å². The van der Waals surface area contributed by atoms with E-state index in [1.165, 1.54) is 5.56 Å². The summed E-state index contributed by atoms with van der Waals surface area (Å²) in [5.74, 6) is 0.339. The maximum Gasteiger partial charge on any atom is 0.0332 e. The molecule has 0 bridgehead atoms. The van der Waals surface area contributed by atoms with Crippen LogP contribution in [0.15, 0.2) is 54.6 Å². The van der Waals surface area contributed by atoms with Crippen molar-refractivity contribution in [3.8, 4) is 0 Å². The van der Waals surface area contributed by atoms with E-state index in [1.807, 2.05) is 30.4 Å². The molecule has 13 heavy (non-hydrogen) atoms. The second-order valence-electron chi connectivity index (χ2n) is 3.28. The van der Waals surface area contributed by atoms with Gasteiger partial charge in [-0.1, -0.05) is 54.6 Å². The van der Waals surface area contributed by atoms with Crippen LogP contribution in [-0.4, -0.2) is 6.04 Å². The van der Waals surface area contributed by atoms with Crippen LogP contribution in [0.3, 0.4) is 0 Å². The molecule has 2 N–H and O–H groups in total. The molecule has 2 rings (SSSR count). The third-order valence-corrected chi connectivity index (χ3v) is 2.36. The lowest BCUT2D eigenvalue weighted by atomic mass is 9.89. The third-order valence-electron chi connectivity index (χ3n) is 2.36. The average Bonchev–Trinajstić information content (AvgIpc) is 2.20. The molecule has 1 heteroatoms. The smallest absolute Gasteiger partial charge is 0.0332 e. The lowest BCUT2D eigenvalue weighted by Gasteiger charge is -2.20. The van der Waals surface area contributed by atoms with E-state index < -0.39 is 0 Å². The van der Waals surface area contributed by atoms with Crippen molar-refractivity contribution in [1.29, 1.82) is 0 Å². The highest BCUT2D eigenvalue weighted by atomic mass is 14.6. The van der Waals surface area contributed by atoms with Gasteiger partial charge in [0.25, 0.3) is 0 Å². The van der Waals surface area contributed by atoms with Crippen LogP contribution >= 0.6 is 0 Å². The van der Waals surface area contributed by atoms with E-state index in [1.54, 1.807) is 0 Å². The van der Waals surface area contributed by atoms with Crippen molar-refractivity contribution in [3.05, 3.63) is 60.2 Å². The minimum Gasteiger partial charge on any atom is -0.324 e. The van der Waals surface area contributed by atoms with Crippen LogP contribution in [0.4, 0.5) is 0 Å². The summed E-state index contributed by atoms with van der Waals surface area (Å²) >= 11 is 0. The zero-order chi connectivity index (χ0) is 9.10. The van der Waals surface area contributed by atoms with E-state index in [9.17, 15) is 0 Å². The van der Waals surface area contributed by atoms with E-state index >= 15 is 0 Å². The summed E-state index contributed by atoms with van der Waals surface area (Å²) in [5.41, 5.74) is 7.26. The molecule has 0 amide bonds. The number of rotatable bonds is 1. The Morgan fingerprint density at radius 1 is 0.923 bits per heavy atom. The van der Waals surface area contributed by atoms with Crippen molar-refractivity contribution >= 4 is 0 Å². The second-order valence-corrected chi connectivity index (χ2v) is 3.28. The van der Waals surface area contributed by atoms with Gasteiger partial charge in [0, 0.05) is 12.0 Å². The Hall–Kier alpha value is -1.34. The largest absolute Gasteiger partial charge is 0.324 e. The van der Waals surface area contributed by atoms with Crippen molar-refractivity contribution in [2.45, 2.75) is 12.0 Å². The number of hydrogen-bond acceptors (Lipinski definition) is 1. The Balaban J connectivity index is 2.27. The zero-order valence-electron chi connectivity index (χ0n) is 7.43. The summed E-state index contributed by atoms with van der Waals surface area (Å²) in [6, 6.07) is 10.5. The van der Waals surface area contributed by atoms with Crippen LogP contribution < -0.4 is 5.73 Å². The lowest BCUT2D eigenvalue weighted by molar-refractivity contribution is 0.713. The molecule has 0 radical (unpaired) electrons. The molecule has 2 unspecified atom stereocenters. The first-order valence-electron chi connectivity index (χ1n) is 4.53. The average molecular weight is 171 g/mol. The lowest BCUT2D eigenvalue weighted by Crippen LogP contribution is -2.26. The number of allylic oxidation sites excluding steroid dienone is 2. The van der Waals surface area contributed by atoms with Crippen molar-refractivity contribution in [2.75, 3.05) is 0 Å². The number of nitrogens with two attached hydrogens (primary N) is 1. The highest BCUT2D eigenvalue weighted by Gasteiger charge is 2.15. The van der Waals surface area contributed by atoms with Crippen molar-refractivity contribution in [3.63, 3.8) is 0 Å². The summed E-state index contributed by atoms with van der Waals surface area (Å²) < 4.78 is 0. The van der Waals surface area contributed by atoms with E-state index in [4.69, 9.17) is 5.73 Å². The molecular formula is C12H13N. The molecule has 0 heterocycles. The van der Waals surface area contributed by atoms with E-state index in [0.717, 1.165) is 0 Å². The van der Waals surface area contributed by atoms with Gasteiger partial charge in [0.15, 0.2) is 0 Å². The van der Waals surface area contributed by atoms with Gasteiger partial charge in [0.1, 0.15) is 0 Å². The zero-order valence-corrected chi connectivity index (χ0v) is 7.43. The Kier molecular flexibility index (Phi) is 2.28. The fraction of sp³-hybridized carbons (Fsp3) is 0.167. The van der Waals surface area contributed by atoms with Gasteiger partial charge in [0.2, 0.25) is 0 Å². The van der Waals surface area contributed by atoms with Crippen LogP contribution in [0.2, 0.25) is 0 Å². The number of benzene rings is 1. The van der Waals surface area contributed by atoms with Crippen LogP contribution in [0.1, 0.15) is 11.5 Å². The van der Waals surface area contributed by atoms with Crippen molar-refractivity contribution in [1.82, 2.24) is 0 Å². The molecule has 1 nitrogen and oxygen atoms in total. The maximum absolute atomic E-state index is 5.97. The molecular weight excluding hydrogens is 158 g/mol. The predicted molar refractivity (Wildman–Crippen MR) is 55.4 cm³/mol. The fourth-order valence-electron chi connectivity index (χ4n) is 1.63. The first kappa shape index (κ1) is 8.27. The van der Waals surface area contributed by atoms with Gasteiger partial charge in [-0.15, -0.1) is 0 Å². The van der Waals surface area contributed by atoms with Gasteiger partial charge >= 0.3 is 0 Å². The Bertz CT molecular complexity index is 324. The molecule has 2 atom stereocenters. The van der Waals surface area contributed by atoms with Crippen LogP contribution in [-0.2, 0) is 0 Å². The molecule has 0 saturated carbocycles. The quantitative estimate of drug-likeness (QED) is 0.689. The second kappa shape index (κ2) is 3.58. The molecule has 1 aliphatic carbocycles. The van der Waals surface area contributed by atoms with Gasteiger partial charge in [-0.3, -0.25) is 0 Å². The summed E-state index contributed by atoms with van der Waals surface area (Å²) in [7, 11) is 0. The molecule has 1 aromatic carbocycles. The molecule has 0 fully saturated rings. The molecule has 0 spiro atoms. The molecule has 0 saturated heterocycles. The van der Waals surface area contributed by atoms with Crippen molar-refractivity contribution in [2.24, 2.45) is 5.73 Å². The van der Waals surface area contributed by atoms with Crippen LogP contribution in [0.25, 0.3) is 0 Å². The molecule has 0 aromatic heterocycles. The van der Waals surface area contributed by atoms with E-state index in [2.05, 4.69) is 24.3 Å². The topological polar surface area (TPSA) is 26.0 Å². The summed E-state index contributed by atoms with van der Waals surface area (Å²) in [4.78, 5) is 0. The minimum absolute atomic E-state index is 0.118. The monoisotopic (exact) mass is 171 g/mol. The van der Waals surface area contributed by atoms with Crippen LogP contribution in [0.5, 0.6) is 0 Å². The molecule has 1 aliphatic rings. The Morgan fingerprint density at radius 2 is 1.62 bits per heavy atom. The van der Waals surface area contributed by atoms with Crippen LogP contribution in [0, 0.1) is 0 Å². The summed E-state index contributed by atoms with van der Waals surface area (Å²) in [6.45, 7) is 0. The van der Waals surface area contributed by atoms with E-state index in [0.29, 0.717) is 5.92 Å². The summed E-state index contributed by atoms with van der Waals surface area (Å²) in [5, 5.41) is 0. The first-order chi connectivity index (χ1) is 6.38. The van der Waals surface area contributed by atoms with Gasteiger partial charge in [-0.05, 0) is 5.56 Å².